The SMILES string of the molecule is c1ccc(COc2ccc3c(c2)OCC(c2ccccc2)C3c2ccc(OCCCCCCN3CCOCC3)cc2)cc1. The van der Waals surface area contributed by atoms with E-state index >= 15 is 0 Å². The quantitative estimate of drug-likeness (QED) is 0.151. The van der Waals surface area contributed by atoms with Crippen LogP contribution in [-0.2, 0) is 11.3 Å². The molecular formula is C38H43NO4. The lowest BCUT2D eigenvalue weighted by Crippen LogP contribution is -2.36. The minimum absolute atomic E-state index is 0.176. The van der Waals surface area contributed by atoms with E-state index in [1.54, 1.807) is 0 Å². The van der Waals surface area contributed by atoms with E-state index in [1.165, 1.54) is 42.5 Å². The smallest absolute Gasteiger partial charge is 0.126 e. The van der Waals surface area contributed by atoms with Gasteiger partial charge in [-0.25, -0.2) is 0 Å². The van der Waals surface area contributed by atoms with Crippen LogP contribution in [-0.4, -0.2) is 51.0 Å². The fourth-order valence-corrected chi connectivity index (χ4v) is 6.20. The standard InChI is InChI=1S/C38H43NO4/c1(9-21-39-22-25-40-26-23-39)2-10-24-41-33-17-15-32(16-18-33)38-35-20-19-34(42-28-30-11-5-3-6-12-30)27-37(35)43-29-36(38)31-13-7-4-8-14-31/h3-8,11-20,27,36,38H,1-2,9-10,21-26,28-29H2. The van der Waals surface area contributed by atoms with Gasteiger partial charge in [0, 0.05) is 36.6 Å². The highest BCUT2D eigenvalue weighted by atomic mass is 16.5. The van der Waals surface area contributed by atoms with Gasteiger partial charge in [0.25, 0.3) is 0 Å². The van der Waals surface area contributed by atoms with Crippen molar-refractivity contribution in [3.8, 4) is 17.2 Å². The van der Waals surface area contributed by atoms with E-state index in [2.05, 4.69) is 83.8 Å². The molecule has 5 nitrogen and oxygen atoms in total. The monoisotopic (exact) mass is 577 g/mol. The normalized spacial score (nSPS) is 18.4. The molecule has 1 saturated heterocycles. The van der Waals surface area contributed by atoms with Crippen molar-refractivity contribution in [3.63, 3.8) is 0 Å². The van der Waals surface area contributed by atoms with Gasteiger partial charge in [-0.15, -0.1) is 0 Å². The van der Waals surface area contributed by atoms with Gasteiger partial charge in [0.2, 0.25) is 0 Å². The summed E-state index contributed by atoms with van der Waals surface area (Å²) in [6, 6.07) is 36.0. The number of fused-ring (bicyclic) bond motifs is 1. The van der Waals surface area contributed by atoms with Crippen LogP contribution in [0.15, 0.2) is 103 Å². The number of morpholine rings is 1. The second-order valence-electron chi connectivity index (χ2n) is 11.6. The zero-order valence-electron chi connectivity index (χ0n) is 25.0. The predicted molar refractivity (Wildman–Crippen MR) is 171 cm³/mol. The van der Waals surface area contributed by atoms with E-state index in [0.29, 0.717) is 13.2 Å². The summed E-state index contributed by atoms with van der Waals surface area (Å²) in [6.45, 7) is 7.02. The van der Waals surface area contributed by atoms with Gasteiger partial charge in [0.1, 0.15) is 23.9 Å². The van der Waals surface area contributed by atoms with Crippen LogP contribution < -0.4 is 14.2 Å². The number of rotatable bonds is 13. The van der Waals surface area contributed by atoms with Crippen LogP contribution in [0.4, 0.5) is 0 Å². The molecule has 43 heavy (non-hydrogen) atoms. The van der Waals surface area contributed by atoms with Gasteiger partial charge in [-0.3, -0.25) is 4.90 Å². The summed E-state index contributed by atoms with van der Waals surface area (Å²) in [4.78, 5) is 2.51. The fraction of sp³-hybridized carbons (Fsp3) is 0.368. The Hall–Kier alpha value is -3.80. The molecular weight excluding hydrogens is 534 g/mol. The Kier molecular flexibility index (Phi) is 10.3. The Morgan fingerprint density at radius 1 is 0.674 bits per heavy atom. The molecule has 4 aromatic rings. The maximum absolute atomic E-state index is 6.37. The van der Waals surface area contributed by atoms with Crippen LogP contribution in [0.5, 0.6) is 17.2 Å². The molecule has 0 spiro atoms. The lowest BCUT2D eigenvalue weighted by molar-refractivity contribution is 0.0371. The lowest BCUT2D eigenvalue weighted by atomic mass is 9.76. The van der Waals surface area contributed by atoms with Crippen LogP contribution in [0.2, 0.25) is 0 Å². The topological polar surface area (TPSA) is 40.2 Å². The number of ether oxygens (including phenoxy) is 4. The number of hydrogen-bond acceptors (Lipinski definition) is 5. The Labute approximate surface area is 256 Å². The first-order valence-electron chi connectivity index (χ1n) is 15.8. The molecule has 2 aliphatic rings. The molecule has 0 N–H and O–H groups in total. The molecule has 2 unspecified atom stereocenters. The molecule has 1 fully saturated rings. The zero-order valence-corrected chi connectivity index (χ0v) is 25.0. The van der Waals surface area contributed by atoms with Crippen molar-refractivity contribution in [1.82, 2.24) is 4.90 Å². The molecule has 0 aliphatic carbocycles. The summed E-state index contributed by atoms with van der Waals surface area (Å²) in [5.41, 5.74) is 4.90. The summed E-state index contributed by atoms with van der Waals surface area (Å²) in [6.07, 6.45) is 4.80. The van der Waals surface area contributed by atoms with E-state index in [1.807, 2.05) is 24.3 Å². The van der Waals surface area contributed by atoms with Crippen molar-refractivity contribution in [2.75, 3.05) is 46.1 Å². The summed E-state index contributed by atoms with van der Waals surface area (Å²) < 4.78 is 24.1. The Balaban J connectivity index is 1.08. The molecule has 0 amide bonds. The number of benzene rings is 4. The summed E-state index contributed by atoms with van der Waals surface area (Å²) in [7, 11) is 0. The van der Waals surface area contributed by atoms with Gasteiger partial charge in [-0.05, 0) is 54.3 Å². The van der Waals surface area contributed by atoms with Crippen LogP contribution in [0.25, 0.3) is 0 Å². The first-order chi connectivity index (χ1) is 21.3. The molecule has 0 radical (unpaired) electrons. The third-order valence-corrected chi connectivity index (χ3v) is 8.60. The number of hydrogen-bond donors (Lipinski definition) is 0. The van der Waals surface area contributed by atoms with Crippen molar-refractivity contribution < 1.29 is 18.9 Å². The Morgan fingerprint density at radius 2 is 1.40 bits per heavy atom. The van der Waals surface area contributed by atoms with E-state index in [9.17, 15) is 0 Å². The highest BCUT2D eigenvalue weighted by Gasteiger charge is 2.33. The third kappa shape index (κ3) is 7.98. The van der Waals surface area contributed by atoms with Gasteiger partial charge < -0.3 is 18.9 Å². The van der Waals surface area contributed by atoms with E-state index < -0.39 is 0 Å². The van der Waals surface area contributed by atoms with Gasteiger partial charge in [0.15, 0.2) is 0 Å². The molecule has 6 rings (SSSR count). The van der Waals surface area contributed by atoms with Crippen molar-refractivity contribution >= 4 is 0 Å². The van der Waals surface area contributed by atoms with Crippen molar-refractivity contribution in [1.29, 1.82) is 0 Å². The third-order valence-electron chi connectivity index (χ3n) is 8.60. The number of unbranched alkanes of at least 4 members (excludes halogenated alkanes) is 3. The predicted octanol–water partition coefficient (Wildman–Crippen LogP) is 7.85. The van der Waals surface area contributed by atoms with Crippen LogP contribution >= 0.6 is 0 Å². The van der Waals surface area contributed by atoms with Crippen molar-refractivity contribution in [3.05, 3.63) is 125 Å². The lowest BCUT2D eigenvalue weighted by Gasteiger charge is -2.34. The van der Waals surface area contributed by atoms with Crippen molar-refractivity contribution in [2.24, 2.45) is 0 Å². The highest BCUT2D eigenvalue weighted by Crippen LogP contribution is 2.47. The highest BCUT2D eigenvalue weighted by molar-refractivity contribution is 5.51. The molecule has 2 heterocycles. The maximum atomic E-state index is 6.37. The second-order valence-corrected chi connectivity index (χ2v) is 11.6. The first kappa shape index (κ1) is 29.3. The molecule has 2 aliphatic heterocycles. The van der Waals surface area contributed by atoms with E-state index in [-0.39, 0.29) is 11.8 Å². The summed E-state index contributed by atoms with van der Waals surface area (Å²) in [5.74, 6) is 3.05. The van der Waals surface area contributed by atoms with Crippen LogP contribution in [0.1, 0.15) is 59.8 Å². The average molecular weight is 578 g/mol. The first-order valence-corrected chi connectivity index (χ1v) is 15.8. The fourth-order valence-electron chi connectivity index (χ4n) is 6.20. The van der Waals surface area contributed by atoms with E-state index in [0.717, 1.165) is 62.1 Å². The zero-order chi connectivity index (χ0) is 29.1. The molecule has 224 valence electrons. The number of nitrogens with zero attached hydrogens (tertiary/aromatic N) is 1. The maximum Gasteiger partial charge on any atom is 0.126 e. The van der Waals surface area contributed by atoms with Crippen molar-refractivity contribution in [2.45, 2.75) is 44.1 Å². The van der Waals surface area contributed by atoms with Gasteiger partial charge in [0.05, 0.1) is 26.4 Å². The molecule has 4 aromatic carbocycles. The molecule has 0 bridgehead atoms. The van der Waals surface area contributed by atoms with Gasteiger partial charge in [-0.2, -0.15) is 0 Å². The largest absolute Gasteiger partial charge is 0.494 e. The van der Waals surface area contributed by atoms with Gasteiger partial charge in [-0.1, -0.05) is 91.7 Å². The van der Waals surface area contributed by atoms with Gasteiger partial charge >= 0.3 is 0 Å². The minimum atomic E-state index is 0.176. The Bertz CT molecular complexity index is 1390. The molecule has 0 aromatic heterocycles. The molecule has 2 atom stereocenters. The summed E-state index contributed by atoms with van der Waals surface area (Å²) in [5, 5.41) is 0. The molecule has 5 heteroatoms. The van der Waals surface area contributed by atoms with Crippen LogP contribution in [0, 0.1) is 0 Å². The average Bonchev–Trinajstić information content (AvgIpc) is 3.08. The second kappa shape index (κ2) is 15.1. The van der Waals surface area contributed by atoms with Crippen LogP contribution in [0.3, 0.4) is 0 Å². The minimum Gasteiger partial charge on any atom is -0.494 e. The van der Waals surface area contributed by atoms with E-state index in [4.69, 9.17) is 18.9 Å². The summed E-state index contributed by atoms with van der Waals surface area (Å²) >= 11 is 0. The molecule has 0 saturated carbocycles. The Morgan fingerprint density at radius 3 is 2.19 bits per heavy atom.